The van der Waals surface area contributed by atoms with Gasteiger partial charge >= 0.3 is 11.9 Å². The van der Waals surface area contributed by atoms with Crippen LogP contribution in [0.1, 0.15) is 361 Å². The van der Waals surface area contributed by atoms with Gasteiger partial charge in [0.15, 0.2) is 6.10 Å². The van der Waals surface area contributed by atoms with Gasteiger partial charge in [0.25, 0.3) is 0 Å². The highest BCUT2D eigenvalue weighted by atomic mass is 16.6. The molecular weight excluding hydrogens is 957 g/mol. The van der Waals surface area contributed by atoms with E-state index in [0.29, 0.717) is 12.8 Å². The highest BCUT2D eigenvalue weighted by Crippen LogP contribution is 2.18. The van der Waals surface area contributed by atoms with Gasteiger partial charge in [-0.25, -0.2) is 0 Å². The van der Waals surface area contributed by atoms with Crippen molar-refractivity contribution in [3.63, 3.8) is 0 Å². The van der Waals surface area contributed by atoms with Gasteiger partial charge in [-0.05, 0) is 83.5 Å². The molecule has 0 bridgehead atoms. The molecule has 0 aliphatic carbocycles. The fraction of sp³-hybridized carbons (Fsp3) is 0.808. The molecule has 78 heavy (non-hydrogen) atoms. The Balaban J connectivity index is 3.39. The first kappa shape index (κ1) is 75.3. The van der Waals surface area contributed by atoms with Gasteiger partial charge < -0.3 is 14.6 Å². The summed E-state index contributed by atoms with van der Waals surface area (Å²) in [4.78, 5) is 24.6. The van der Waals surface area contributed by atoms with Gasteiger partial charge in [-0.15, -0.1) is 0 Å². The molecule has 0 rings (SSSR count). The number of unbranched alkanes of at least 4 members (excludes halogenated alkanes) is 44. The number of carbonyl (C=O) groups is 2. The monoisotopic (exact) mass is 1090 g/mol. The molecule has 0 heterocycles. The number of ether oxygens (including phenoxy) is 2. The lowest BCUT2D eigenvalue weighted by Gasteiger charge is -2.15. The van der Waals surface area contributed by atoms with Crippen molar-refractivity contribution in [2.24, 2.45) is 0 Å². The van der Waals surface area contributed by atoms with Gasteiger partial charge in [-0.2, -0.15) is 0 Å². The topological polar surface area (TPSA) is 72.8 Å². The minimum atomic E-state index is -0.773. The number of aliphatic hydroxyl groups excluding tert-OH is 1. The Labute approximate surface area is 486 Å². The van der Waals surface area contributed by atoms with E-state index in [2.05, 4.69) is 86.8 Å². The summed E-state index contributed by atoms with van der Waals surface area (Å²) in [5.74, 6) is -0.575. The van der Waals surface area contributed by atoms with E-state index in [-0.39, 0.29) is 25.2 Å². The Hall–Kier alpha value is -2.66. The standard InChI is InChI=1S/C73H132O5/c1-3-5-7-9-11-13-15-17-19-21-23-25-27-28-29-30-31-32-33-34-35-36-37-38-39-40-41-42-43-44-46-48-50-52-54-56-58-60-62-64-66-68-73(76)78-71(69-74)70-77-72(75)67-65-63-61-59-57-55-53-51-49-47-45-26-24-22-20-18-16-14-12-10-8-6-4-2/h5,7,11,13,16-19,22-25,71,74H,3-4,6,8-10,12,14-15,20-21,26-70H2,1-2H3/b7-5-,13-11-,18-16-,19-17-,24-22-,25-23-. The molecule has 5 heteroatoms. The Kier molecular flexibility index (Phi) is 66.3. The fourth-order valence-corrected chi connectivity index (χ4v) is 10.3. The summed E-state index contributed by atoms with van der Waals surface area (Å²) in [6, 6.07) is 0. The number of esters is 2. The molecular formula is C73H132O5. The SMILES string of the molecule is CC/C=C\C/C=C\C/C=C\C/C=C\CCCCCCCCCCCCCCCCCCCCCCCCCCCCCCC(=O)OC(CO)COC(=O)CCCCCCCCCCCCC/C=C\C/C=C\CCCCCCC. The second-order valence-corrected chi connectivity index (χ2v) is 23.2. The van der Waals surface area contributed by atoms with Crippen LogP contribution in [0.15, 0.2) is 72.9 Å². The normalized spacial score (nSPS) is 12.6. The van der Waals surface area contributed by atoms with E-state index >= 15 is 0 Å². The highest BCUT2D eigenvalue weighted by molar-refractivity contribution is 5.70. The van der Waals surface area contributed by atoms with E-state index < -0.39 is 6.10 Å². The summed E-state index contributed by atoms with van der Waals surface area (Å²) in [6.45, 7) is 4.06. The first-order valence-electron chi connectivity index (χ1n) is 34.5. The Bertz CT molecular complexity index is 1370. The average Bonchev–Trinajstić information content (AvgIpc) is 3.44. The summed E-state index contributed by atoms with van der Waals surface area (Å²) < 4.78 is 10.8. The minimum absolute atomic E-state index is 0.0636. The minimum Gasteiger partial charge on any atom is -0.462 e. The molecule has 0 aliphatic rings. The van der Waals surface area contributed by atoms with Gasteiger partial charge in [0.05, 0.1) is 6.61 Å². The molecule has 454 valence electrons. The molecule has 5 nitrogen and oxygen atoms in total. The van der Waals surface area contributed by atoms with E-state index in [1.54, 1.807) is 0 Å². The molecule has 0 aromatic rings. The number of aliphatic hydroxyl groups is 1. The maximum Gasteiger partial charge on any atom is 0.306 e. The van der Waals surface area contributed by atoms with Crippen LogP contribution in [0.5, 0.6) is 0 Å². The third kappa shape index (κ3) is 65.9. The van der Waals surface area contributed by atoms with Crippen molar-refractivity contribution in [2.75, 3.05) is 13.2 Å². The van der Waals surface area contributed by atoms with Gasteiger partial charge in [0.1, 0.15) is 6.61 Å². The number of allylic oxidation sites excluding steroid dienone is 12. The first-order chi connectivity index (χ1) is 38.6. The summed E-state index contributed by atoms with van der Waals surface area (Å²) in [5.41, 5.74) is 0. The molecule has 0 aliphatic heterocycles. The van der Waals surface area contributed by atoms with E-state index in [1.807, 2.05) is 0 Å². The fourth-order valence-electron chi connectivity index (χ4n) is 10.3. The lowest BCUT2D eigenvalue weighted by Crippen LogP contribution is -2.28. The average molecular weight is 1090 g/mol. The quantitative estimate of drug-likeness (QED) is 0.0373. The van der Waals surface area contributed by atoms with Crippen LogP contribution in [-0.2, 0) is 19.1 Å². The molecule has 1 unspecified atom stereocenters. The van der Waals surface area contributed by atoms with Crippen LogP contribution >= 0.6 is 0 Å². The molecule has 0 spiro atoms. The van der Waals surface area contributed by atoms with Crippen molar-refractivity contribution in [1.82, 2.24) is 0 Å². The van der Waals surface area contributed by atoms with E-state index in [4.69, 9.17) is 9.47 Å². The zero-order valence-electron chi connectivity index (χ0n) is 52.2. The zero-order valence-corrected chi connectivity index (χ0v) is 52.2. The van der Waals surface area contributed by atoms with Crippen LogP contribution in [0.2, 0.25) is 0 Å². The summed E-state index contributed by atoms with van der Waals surface area (Å²) in [5, 5.41) is 9.69. The zero-order chi connectivity index (χ0) is 56.2. The van der Waals surface area contributed by atoms with Crippen LogP contribution in [-0.4, -0.2) is 36.4 Å². The van der Waals surface area contributed by atoms with Crippen LogP contribution in [0.4, 0.5) is 0 Å². The van der Waals surface area contributed by atoms with Gasteiger partial charge in [0, 0.05) is 12.8 Å². The van der Waals surface area contributed by atoms with E-state index in [0.717, 1.165) is 70.6 Å². The predicted molar refractivity (Wildman–Crippen MR) is 343 cm³/mol. The largest absolute Gasteiger partial charge is 0.462 e. The molecule has 1 atom stereocenters. The molecule has 1 N–H and O–H groups in total. The second-order valence-electron chi connectivity index (χ2n) is 23.2. The number of hydrogen-bond acceptors (Lipinski definition) is 5. The van der Waals surface area contributed by atoms with Gasteiger partial charge in [-0.1, -0.05) is 337 Å². The first-order valence-corrected chi connectivity index (χ1v) is 34.5. The highest BCUT2D eigenvalue weighted by Gasteiger charge is 2.16. The molecule has 0 fully saturated rings. The third-order valence-electron chi connectivity index (χ3n) is 15.5. The van der Waals surface area contributed by atoms with Crippen molar-refractivity contribution in [3.05, 3.63) is 72.9 Å². The molecule has 0 aromatic heterocycles. The van der Waals surface area contributed by atoms with Crippen LogP contribution < -0.4 is 0 Å². The van der Waals surface area contributed by atoms with Crippen molar-refractivity contribution in [3.8, 4) is 0 Å². The Morgan fingerprint density at radius 1 is 0.308 bits per heavy atom. The van der Waals surface area contributed by atoms with Crippen LogP contribution in [0.3, 0.4) is 0 Å². The predicted octanol–water partition coefficient (Wildman–Crippen LogP) is 23.9. The molecule has 0 aromatic carbocycles. The summed E-state index contributed by atoms with van der Waals surface area (Å²) in [6.07, 6.45) is 95.1. The van der Waals surface area contributed by atoms with Crippen molar-refractivity contribution >= 4 is 11.9 Å². The number of carbonyl (C=O) groups excluding carboxylic acids is 2. The van der Waals surface area contributed by atoms with Gasteiger partial charge in [-0.3, -0.25) is 9.59 Å². The van der Waals surface area contributed by atoms with Crippen LogP contribution in [0, 0.1) is 0 Å². The molecule has 0 saturated carbocycles. The maximum atomic E-state index is 12.4. The smallest absolute Gasteiger partial charge is 0.306 e. The van der Waals surface area contributed by atoms with Gasteiger partial charge in [0.2, 0.25) is 0 Å². The maximum absolute atomic E-state index is 12.4. The molecule has 0 radical (unpaired) electrons. The van der Waals surface area contributed by atoms with Crippen molar-refractivity contribution < 1.29 is 24.2 Å². The van der Waals surface area contributed by atoms with E-state index in [9.17, 15) is 14.7 Å². The summed E-state index contributed by atoms with van der Waals surface area (Å²) in [7, 11) is 0. The number of rotatable bonds is 64. The lowest BCUT2D eigenvalue weighted by molar-refractivity contribution is -0.161. The third-order valence-corrected chi connectivity index (χ3v) is 15.5. The Morgan fingerprint density at radius 3 is 0.833 bits per heavy atom. The molecule has 0 saturated heterocycles. The molecule has 0 amide bonds. The number of hydrogen-bond donors (Lipinski definition) is 1. The van der Waals surface area contributed by atoms with Crippen molar-refractivity contribution in [1.29, 1.82) is 0 Å². The summed E-state index contributed by atoms with van der Waals surface area (Å²) >= 11 is 0. The van der Waals surface area contributed by atoms with Crippen molar-refractivity contribution in [2.45, 2.75) is 367 Å². The second kappa shape index (κ2) is 68.6. The van der Waals surface area contributed by atoms with Crippen LogP contribution in [0.25, 0.3) is 0 Å². The van der Waals surface area contributed by atoms with E-state index in [1.165, 1.54) is 263 Å². The Morgan fingerprint density at radius 2 is 0.551 bits per heavy atom. The lowest BCUT2D eigenvalue weighted by atomic mass is 10.0.